The molecule has 0 spiro atoms. The topological polar surface area (TPSA) is 52.6 Å². The predicted molar refractivity (Wildman–Crippen MR) is 86.8 cm³/mol. The molecule has 0 radical (unpaired) electrons. The van der Waals surface area contributed by atoms with Crippen LogP contribution in [0.15, 0.2) is 0 Å². The van der Waals surface area contributed by atoms with E-state index < -0.39 is 10.0 Å². The number of rotatable bonds is 5. The van der Waals surface area contributed by atoms with Gasteiger partial charge >= 0.3 is 0 Å². The van der Waals surface area contributed by atoms with E-state index in [4.69, 9.17) is 0 Å². The minimum Gasteiger partial charge on any atom is -0.314 e. The van der Waals surface area contributed by atoms with E-state index in [9.17, 15) is 8.42 Å². The predicted octanol–water partition coefficient (Wildman–Crippen LogP) is 0.978. The van der Waals surface area contributed by atoms with Gasteiger partial charge in [-0.25, -0.2) is 8.42 Å². The summed E-state index contributed by atoms with van der Waals surface area (Å²) in [6.45, 7) is 9.72. The van der Waals surface area contributed by atoms with Gasteiger partial charge in [-0.05, 0) is 37.6 Å². The molecule has 2 fully saturated rings. The van der Waals surface area contributed by atoms with Gasteiger partial charge in [-0.1, -0.05) is 13.8 Å². The zero-order valence-corrected chi connectivity index (χ0v) is 14.5. The van der Waals surface area contributed by atoms with Gasteiger partial charge in [0.05, 0.1) is 6.26 Å². The molecule has 6 heteroatoms. The van der Waals surface area contributed by atoms with E-state index in [0.717, 1.165) is 32.1 Å². The molecule has 1 aliphatic carbocycles. The number of hydrogen-bond donors (Lipinski definition) is 1. The van der Waals surface area contributed by atoms with Crippen molar-refractivity contribution < 1.29 is 8.42 Å². The summed E-state index contributed by atoms with van der Waals surface area (Å²) in [5, 5.41) is 3.64. The molecule has 2 aliphatic rings. The third-order valence-electron chi connectivity index (χ3n) is 5.00. The fourth-order valence-corrected chi connectivity index (χ4v) is 4.63. The highest BCUT2D eigenvalue weighted by Crippen LogP contribution is 2.30. The van der Waals surface area contributed by atoms with Crippen molar-refractivity contribution >= 4 is 10.0 Å². The van der Waals surface area contributed by atoms with Crippen LogP contribution in [0.2, 0.25) is 0 Å². The first-order chi connectivity index (χ1) is 9.90. The molecular formula is C15H31N3O2S. The van der Waals surface area contributed by atoms with Gasteiger partial charge in [-0.3, -0.25) is 0 Å². The Bertz CT molecular complexity index is 419. The quantitative estimate of drug-likeness (QED) is 0.821. The van der Waals surface area contributed by atoms with E-state index in [-0.39, 0.29) is 0 Å². The first kappa shape index (κ1) is 17.2. The third-order valence-corrected chi connectivity index (χ3v) is 6.31. The van der Waals surface area contributed by atoms with Crippen LogP contribution in [0.3, 0.4) is 0 Å². The molecule has 0 aromatic rings. The first-order valence-electron chi connectivity index (χ1n) is 8.31. The maximum atomic E-state index is 11.6. The second-order valence-electron chi connectivity index (χ2n) is 6.81. The fraction of sp³-hybridized carbons (Fsp3) is 1.00. The number of nitrogens with one attached hydrogen (secondary N) is 1. The highest BCUT2D eigenvalue weighted by Gasteiger charge is 2.31. The second-order valence-corrected chi connectivity index (χ2v) is 8.79. The average Bonchev–Trinajstić information content (AvgIpc) is 2.42. The van der Waals surface area contributed by atoms with Crippen molar-refractivity contribution in [2.75, 3.05) is 45.5 Å². The molecule has 3 unspecified atom stereocenters. The van der Waals surface area contributed by atoms with Crippen LogP contribution in [0.4, 0.5) is 0 Å². The molecule has 1 N–H and O–H groups in total. The van der Waals surface area contributed by atoms with E-state index in [1.807, 2.05) is 0 Å². The van der Waals surface area contributed by atoms with Gasteiger partial charge in [0.2, 0.25) is 10.0 Å². The second kappa shape index (κ2) is 7.40. The molecule has 1 heterocycles. The van der Waals surface area contributed by atoms with E-state index in [0.29, 0.717) is 25.0 Å². The summed E-state index contributed by atoms with van der Waals surface area (Å²) in [7, 11) is -3.02. The summed E-state index contributed by atoms with van der Waals surface area (Å²) in [6, 6.07) is 0.638. The highest BCUT2D eigenvalue weighted by molar-refractivity contribution is 7.88. The molecule has 5 nitrogen and oxygen atoms in total. The van der Waals surface area contributed by atoms with E-state index >= 15 is 0 Å². The molecule has 3 atom stereocenters. The summed E-state index contributed by atoms with van der Waals surface area (Å²) in [5.74, 6) is 1.53. The lowest BCUT2D eigenvalue weighted by molar-refractivity contribution is 0.118. The maximum Gasteiger partial charge on any atom is 0.211 e. The van der Waals surface area contributed by atoms with E-state index in [2.05, 4.69) is 24.1 Å². The smallest absolute Gasteiger partial charge is 0.211 e. The van der Waals surface area contributed by atoms with Crippen LogP contribution in [0, 0.1) is 11.8 Å². The Morgan fingerprint density at radius 3 is 2.38 bits per heavy atom. The Hall–Kier alpha value is -0.170. The van der Waals surface area contributed by atoms with Gasteiger partial charge in [0.25, 0.3) is 0 Å². The molecule has 1 aliphatic heterocycles. The number of nitrogens with zero attached hydrogens (tertiary/aromatic N) is 2. The lowest BCUT2D eigenvalue weighted by Gasteiger charge is -2.40. The van der Waals surface area contributed by atoms with Crippen molar-refractivity contribution in [3.05, 3.63) is 0 Å². The SMILES string of the molecule is CCNC1CCC(C)CC1CN1CCN(S(C)(=O)=O)CC1. The molecule has 1 saturated carbocycles. The minimum absolute atomic E-state index is 0.638. The zero-order chi connectivity index (χ0) is 15.5. The fourth-order valence-electron chi connectivity index (χ4n) is 3.81. The van der Waals surface area contributed by atoms with Crippen molar-refractivity contribution in [3.8, 4) is 0 Å². The van der Waals surface area contributed by atoms with Crippen LogP contribution >= 0.6 is 0 Å². The molecule has 0 aromatic heterocycles. The summed E-state index contributed by atoms with van der Waals surface area (Å²) >= 11 is 0. The Kier molecular flexibility index (Phi) is 6.05. The van der Waals surface area contributed by atoms with Crippen molar-refractivity contribution in [2.24, 2.45) is 11.8 Å². The first-order valence-corrected chi connectivity index (χ1v) is 10.2. The van der Waals surface area contributed by atoms with Gasteiger partial charge in [0, 0.05) is 38.8 Å². The summed E-state index contributed by atoms with van der Waals surface area (Å²) in [5.41, 5.74) is 0. The van der Waals surface area contributed by atoms with Crippen molar-refractivity contribution in [1.29, 1.82) is 0 Å². The normalized spacial score (nSPS) is 33.2. The Morgan fingerprint density at radius 1 is 1.14 bits per heavy atom. The van der Waals surface area contributed by atoms with Crippen LogP contribution in [-0.2, 0) is 10.0 Å². The maximum absolute atomic E-state index is 11.6. The largest absolute Gasteiger partial charge is 0.314 e. The lowest BCUT2D eigenvalue weighted by Crippen LogP contribution is -2.52. The van der Waals surface area contributed by atoms with Crippen LogP contribution in [-0.4, -0.2) is 69.2 Å². The van der Waals surface area contributed by atoms with Gasteiger partial charge in [0.15, 0.2) is 0 Å². The molecular weight excluding hydrogens is 286 g/mol. The molecule has 0 amide bonds. The van der Waals surface area contributed by atoms with Crippen molar-refractivity contribution in [3.63, 3.8) is 0 Å². The van der Waals surface area contributed by atoms with Crippen molar-refractivity contribution in [1.82, 2.24) is 14.5 Å². The third kappa shape index (κ3) is 4.91. The molecule has 0 bridgehead atoms. The van der Waals surface area contributed by atoms with Gasteiger partial charge in [-0.15, -0.1) is 0 Å². The standard InChI is InChI=1S/C15H31N3O2S/c1-4-16-15-6-5-13(2)11-14(15)12-17-7-9-18(10-8-17)21(3,19)20/h13-16H,4-12H2,1-3H3. The Labute approximate surface area is 130 Å². The van der Waals surface area contributed by atoms with Gasteiger partial charge in [-0.2, -0.15) is 4.31 Å². The van der Waals surface area contributed by atoms with E-state index in [1.54, 1.807) is 4.31 Å². The zero-order valence-electron chi connectivity index (χ0n) is 13.7. The summed E-state index contributed by atoms with van der Waals surface area (Å²) in [4.78, 5) is 2.45. The molecule has 2 rings (SSSR count). The number of piperazine rings is 1. The minimum atomic E-state index is -3.02. The molecule has 1 saturated heterocycles. The Balaban J connectivity index is 1.86. The Morgan fingerprint density at radius 2 is 1.81 bits per heavy atom. The van der Waals surface area contributed by atoms with Crippen LogP contribution in [0.5, 0.6) is 0 Å². The molecule has 0 aromatic carbocycles. The monoisotopic (exact) mass is 317 g/mol. The van der Waals surface area contributed by atoms with Crippen LogP contribution in [0.1, 0.15) is 33.1 Å². The number of hydrogen-bond acceptors (Lipinski definition) is 4. The van der Waals surface area contributed by atoms with Crippen LogP contribution in [0.25, 0.3) is 0 Å². The van der Waals surface area contributed by atoms with Crippen LogP contribution < -0.4 is 5.32 Å². The molecule has 21 heavy (non-hydrogen) atoms. The summed E-state index contributed by atoms with van der Waals surface area (Å²) < 4.78 is 24.7. The average molecular weight is 317 g/mol. The van der Waals surface area contributed by atoms with Gasteiger partial charge < -0.3 is 10.2 Å². The molecule has 124 valence electrons. The summed E-state index contributed by atoms with van der Waals surface area (Å²) in [6.07, 6.45) is 5.22. The van der Waals surface area contributed by atoms with E-state index in [1.165, 1.54) is 25.5 Å². The van der Waals surface area contributed by atoms with Gasteiger partial charge in [0.1, 0.15) is 0 Å². The lowest BCUT2D eigenvalue weighted by atomic mass is 9.78. The van der Waals surface area contributed by atoms with Crippen molar-refractivity contribution in [2.45, 2.75) is 39.2 Å². The highest BCUT2D eigenvalue weighted by atomic mass is 32.2. The number of sulfonamides is 1.